The van der Waals surface area contributed by atoms with Gasteiger partial charge in [-0.3, -0.25) is 4.90 Å². The van der Waals surface area contributed by atoms with Gasteiger partial charge in [0.25, 0.3) is 0 Å². The molecule has 1 fully saturated rings. The van der Waals surface area contributed by atoms with Gasteiger partial charge in [0.15, 0.2) is 0 Å². The Labute approximate surface area is 126 Å². The van der Waals surface area contributed by atoms with Gasteiger partial charge in [-0.05, 0) is 12.5 Å². The van der Waals surface area contributed by atoms with Crippen molar-refractivity contribution in [2.75, 3.05) is 26.2 Å². The molecule has 0 amide bonds. The molecule has 1 aliphatic rings. The number of benzene rings is 1. The van der Waals surface area contributed by atoms with Gasteiger partial charge in [0.2, 0.25) is 0 Å². The maximum absolute atomic E-state index is 13.8. The maximum Gasteiger partial charge on any atom is 0.131 e. The first-order valence-electron chi connectivity index (χ1n) is 6.15. The zero-order chi connectivity index (χ0) is 12.3. The fourth-order valence-corrected chi connectivity index (χ4v) is 2.45. The molecule has 110 valence electrons. The van der Waals surface area contributed by atoms with Crippen molar-refractivity contribution in [3.8, 4) is 5.75 Å². The zero-order valence-electron chi connectivity index (χ0n) is 10.9. The molecule has 0 radical (unpaired) electrons. The number of phenolic OH excluding ortho intramolecular Hbond substituents is 1. The van der Waals surface area contributed by atoms with Crippen molar-refractivity contribution < 1.29 is 9.50 Å². The molecule has 1 heterocycles. The Kier molecular flexibility index (Phi) is 8.34. The molecule has 0 bridgehead atoms. The first-order valence-corrected chi connectivity index (χ1v) is 6.15. The minimum Gasteiger partial charge on any atom is -0.508 e. The van der Waals surface area contributed by atoms with E-state index in [0.29, 0.717) is 5.56 Å². The lowest BCUT2D eigenvalue weighted by molar-refractivity contribution is 0.166. The van der Waals surface area contributed by atoms with Crippen LogP contribution in [-0.4, -0.2) is 36.2 Å². The first kappa shape index (κ1) is 18.4. The average Bonchev–Trinajstić information content (AvgIpc) is 2.34. The van der Waals surface area contributed by atoms with Gasteiger partial charge < -0.3 is 10.4 Å². The molecule has 1 saturated heterocycles. The fraction of sp³-hybridized carbons (Fsp3) is 0.538. The molecule has 6 heteroatoms. The van der Waals surface area contributed by atoms with E-state index in [-0.39, 0.29) is 42.4 Å². The van der Waals surface area contributed by atoms with E-state index in [1.165, 1.54) is 6.07 Å². The summed E-state index contributed by atoms with van der Waals surface area (Å²) in [5, 5.41) is 12.5. The zero-order valence-corrected chi connectivity index (χ0v) is 12.6. The smallest absolute Gasteiger partial charge is 0.131 e. The van der Waals surface area contributed by atoms with Crippen molar-refractivity contribution in [1.82, 2.24) is 10.2 Å². The molecule has 1 atom stereocenters. The SMILES string of the molecule is CC[C@H](c1ccc(O)cc1F)N1CCNCC1.Cl.Cl. The summed E-state index contributed by atoms with van der Waals surface area (Å²) in [5.41, 5.74) is 0.687. The average molecular weight is 311 g/mol. The number of aromatic hydroxyl groups is 1. The number of halogens is 3. The lowest BCUT2D eigenvalue weighted by Gasteiger charge is -2.34. The maximum atomic E-state index is 13.8. The highest BCUT2D eigenvalue weighted by Gasteiger charge is 2.22. The molecule has 2 N–H and O–H groups in total. The van der Waals surface area contributed by atoms with Gasteiger partial charge in [0.1, 0.15) is 11.6 Å². The molecule has 19 heavy (non-hydrogen) atoms. The molecule has 0 aromatic heterocycles. The molecule has 0 aliphatic carbocycles. The second-order valence-corrected chi connectivity index (χ2v) is 4.42. The van der Waals surface area contributed by atoms with Crippen LogP contribution in [0.25, 0.3) is 0 Å². The number of nitrogens with zero attached hydrogens (tertiary/aromatic N) is 1. The summed E-state index contributed by atoms with van der Waals surface area (Å²) >= 11 is 0. The largest absolute Gasteiger partial charge is 0.508 e. The number of nitrogens with one attached hydrogen (secondary N) is 1. The van der Waals surface area contributed by atoms with Crippen LogP contribution in [0, 0.1) is 5.82 Å². The summed E-state index contributed by atoms with van der Waals surface area (Å²) in [6.07, 6.45) is 0.877. The van der Waals surface area contributed by atoms with Crippen molar-refractivity contribution in [2.45, 2.75) is 19.4 Å². The molecule has 2 rings (SSSR count). The van der Waals surface area contributed by atoms with Crippen LogP contribution >= 0.6 is 24.8 Å². The van der Waals surface area contributed by atoms with E-state index >= 15 is 0 Å². The van der Waals surface area contributed by atoms with Crippen LogP contribution < -0.4 is 5.32 Å². The minimum atomic E-state index is -0.310. The first-order chi connectivity index (χ1) is 8.22. The summed E-state index contributed by atoms with van der Waals surface area (Å²) in [6, 6.07) is 4.56. The van der Waals surface area contributed by atoms with E-state index < -0.39 is 0 Å². The number of phenols is 1. The lowest BCUT2D eigenvalue weighted by Crippen LogP contribution is -2.45. The second kappa shape index (κ2) is 8.59. The van der Waals surface area contributed by atoms with Gasteiger partial charge in [-0.25, -0.2) is 4.39 Å². The molecular weight excluding hydrogens is 290 g/mol. The van der Waals surface area contributed by atoms with E-state index in [2.05, 4.69) is 17.1 Å². The number of hydrogen-bond donors (Lipinski definition) is 2. The Morgan fingerprint density at radius 1 is 1.32 bits per heavy atom. The summed E-state index contributed by atoms with van der Waals surface area (Å²) in [4.78, 5) is 2.30. The van der Waals surface area contributed by atoms with Crippen molar-refractivity contribution in [2.24, 2.45) is 0 Å². The Morgan fingerprint density at radius 3 is 2.47 bits per heavy atom. The fourth-order valence-electron chi connectivity index (χ4n) is 2.45. The number of hydrogen-bond acceptors (Lipinski definition) is 3. The minimum absolute atomic E-state index is 0. The molecule has 0 spiro atoms. The highest BCUT2D eigenvalue weighted by molar-refractivity contribution is 5.85. The Balaban J connectivity index is 0.00000162. The molecule has 1 aromatic carbocycles. The Hall–Kier alpha value is -0.550. The van der Waals surface area contributed by atoms with Gasteiger partial charge in [-0.2, -0.15) is 0 Å². The standard InChI is InChI=1S/C13H19FN2O.2ClH/c1-2-13(16-7-5-15-6-8-16)11-4-3-10(17)9-12(11)14;;/h3-4,9,13,15,17H,2,5-8H2,1H3;2*1H/t13-;;/m1../s1. The number of piperazine rings is 1. The topological polar surface area (TPSA) is 35.5 Å². The third kappa shape index (κ3) is 4.49. The van der Waals surface area contributed by atoms with Crippen LogP contribution in [0.4, 0.5) is 4.39 Å². The normalized spacial score (nSPS) is 17.2. The van der Waals surface area contributed by atoms with Crippen molar-refractivity contribution in [3.63, 3.8) is 0 Å². The number of rotatable bonds is 3. The highest BCUT2D eigenvalue weighted by Crippen LogP contribution is 2.28. The molecular formula is C13H21Cl2FN2O. The monoisotopic (exact) mass is 310 g/mol. The molecule has 1 aromatic rings. The van der Waals surface area contributed by atoms with Crippen LogP contribution in [0.3, 0.4) is 0 Å². The summed E-state index contributed by atoms with van der Waals surface area (Å²) in [7, 11) is 0. The highest BCUT2D eigenvalue weighted by atomic mass is 35.5. The summed E-state index contributed by atoms with van der Waals surface area (Å²) in [5.74, 6) is -0.322. The predicted molar refractivity (Wildman–Crippen MR) is 80.0 cm³/mol. The van der Waals surface area contributed by atoms with Crippen molar-refractivity contribution in [3.05, 3.63) is 29.6 Å². The van der Waals surface area contributed by atoms with Gasteiger partial charge in [-0.1, -0.05) is 13.0 Å². The van der Waals surface area contributed by atoms with Crippen LogP contribution in [0.5, 0.6) is 5.75 Å². The van der Waals surface area contributed by atoms with Crippen LogP contribution in [0.2, 0.25) is 0 Å². The van der Waals surface area contributed by atoms with Crippen molar-refractivity contribution >= 4 is 24.8 Å². The molecule has 0 unspecified atom stereocenters. The van der Waals surface area contributed by atoms with E-state index in [9.17, 15) is 9.50 Å². The van der Waals surface area contributed by atoms with Gasteiger partial charge in [-0.15, -0.1) is 24.8 Å². The Morgan fingerprint density at radius 2 is 1.95 bits per heavy atom. The van der Waals surface area contributed by atoms with E-state index in [1.807, 2.05) is 0 Å². The third-order valence-corrected chi connectivity index (χ3v) is 3.32. The van der Waals surface area contributed by atoms with Crippen LogP contribution in [-0.2, 0) is 0 Å². The van der Waals surface area contributed by atoms with E-state index in [0.717, 1.165) is 32.6 Å². The predicted octanol–water partition coefficient (Wildman–Crippen LogP) is 2.73. The van der Waals surface area contributed by atoms with Gasteiger partial charge >= 0.3 is 0 Å². The Bertz CT molecular complexity index is 387. The van der Waals surface area contributed by atoms with Gasteiger partial charge in [0, 0.05) is 43.9 Å². The van der Waals surface area contributed by atoms with E-state index in [1.54, 1.807) is 12.1 Å². The molecule has 3 nitrogen and oxygen atoms in total. The van der Waals surface area contributed by atoms with E-state index in [4.69, 9.17) is 0 Å². The summed E-state index contributed by atoms with van der Waals surface area (Å²) in [6.45, 7) is 5.86. The van der Waals surface area contributed by atoms with Crippen LogP contribution in [0.15, 0.2) is 18.2 Å². The van der Waals surface area contributed by atoms with Gasteiger partial charge in [0.05, 0.1) is 0 Å². The third-order valence-electron chi connectivity index (χ3n) is 3.32. The second-order valence-electron chi connectivity index (χ2n) is 4.42. The quantitative estimate of drug-likeness (QED) is 0.901. The summed E-state index contributed by atoms with van der Waals surface area (Å²) < 4.78 is 13.8. The van der Waals surface area contributed by atoms with Crippen LogP contribution in [0.1, 0.15) is 24.9 Å². The van der Waals surface area contributed by atoms with Crippen molar-refractivity contribution in [1.29, 1.82) is 0 Å². The molecule has 1 aliphatic heterocycles. The molecule has 0 saturated carbocycles. The lowest BCUT2D eigenvalue weighted by atomic mass is 10.0.